The van der Waals surface area contributed by atoms with Crippen LogP contribution in [0.1, 0.15) is 44.0 Å². The van der Waals surface area contributed by atoms with Gasteiger partial charge < -0.3 is 15.0 Å². The second kappa shape index (κ2) is 5.23. The van der Waals surface area contributed by atoms with E-state index in [0.29, 0.717) is 18.6 Å². The Hall–Kier alpha value is -0.910. The van der Waals surface area contributed by atoms with Crippen molar-refractivity contribution in [3.63, 3.8) is 0 Å². The summed E-state index contributed by atoms with van der Waals surface area (Å²) < 4.78 is 8.00. The van der Waals surface area contributed by atoms with Gasteiger partial charge in [0.2, 0.25) is 0 Å². The van der Waals surface area contributed by atoms with Gasteiger partial charge in [-0.25, -0.2) is 4.98 Å². The van der Waals surface area contributed by atoms with E-state index in [0.717, 1.165) is 13.0 Å². The Balaban J connectivity index is 1.80. The lowest BCUT2D eigenvalue weighted by Crippen LogP contribution is -2.42. The van der Waals surface area contributed by atoms with Crippen molar-refractivity contribution in [1.82, 2.24) is 14.5 Å². The zero-order valence-electron chi connectivity index (χ0n) is 11.8. The standard InChI is InChI=1S/C14H24N4O/c1-10-12(5-6-19-10)17(2)13(7-15)14-8-16-9-18(14)11-3-4-11/h8-13H,3-7,15H2,1-2H3. The summed E-state index contributed by atoms with van der Waals surface area (Å²) in [7, 11) is 2.16. The van der Waals surface area contributed by atoms with Crippen LogP contribution in [0.2, 0.25) is 0 Å². The molecule has 0 radical (unpaired) electrons. The molecule has 106 valence electrons. The van der Waals surface area contributed by atoms with Gasteiger partial charge in [-0.2, -0.15) is 0 Å². The fourth-order valence-electron chi connectivity index (χ4n) is 3.21. The molecule has 0 amide bonds. The molecule has 1 saturated carbocycles. The fraction of sp³-hybridized carbons (Fsp3) is 0.786. The van der Waals surface area contributed by atoms with Crippen molar-refractivity contribution in [2.75, 3.05) is 20.2 Å². The number of imidazole rings is 1. The second-order valence-electron chi connectivity index (χ2n) is 5.81. The zero-order chi connectivity index (χ0) is 13.4. The first-order valence-corrected chi connectivity index (χ1v) is 7.27. The van der Waals surface area contributed by atoms with Crippen LogP contribution in [-0.2, 0) is 4.74 Å². The summed E-state index contributed by atoms with van der Waals surface area (Å²) in [6.45, 7) is 3.63. The van der Waals surface area contributed by atoms with Crippen LogP contribution in [0.5, 0.6) is 0 Å². The summed E-state index contributed by atoms with van der Waals surface area (Å²) in [6.07, 6.45) is 7.85. The Morgan fingerprint density at radius 1 is 1.53 bits per heavy atom. The van der Waals surface area contributed by atoms with Crippen molar-refractivity contribution in [1.29, 1.82) is 0 Å². The lowest BCUT2D eigenvalue weighted by Gasteiger charge is -2.34. The first-order valence-electron chi connectivity index (χ1n) is 7.27. The van der Waals surface area contributed by atoms with Gasteiger partial charge in [-0.3, -0.25) is 4.90 Å². The minimum atomic E-state index is 0.234. The Labute approximate surface area is 114 Å². The maximum absolute atomic E-state index is 6.04. The van der Waals surface area contributed by atoms with E-state index in [1.807, 2.05) is 12.5 Å². The van der Waals surface area contributed by atoms with E-state index in [-0.39, 0.29) is 12.1 Å². The van der Waals surface area contributed by atoms with E-state index >= 15 is 0 Å². The number of hydrogen-bond acceptors (Lipinski definition) is 4. The number of nitrogens with zero attached hydrogens (tertiary/aromatic N) is 3. The van der Waals surface area contributed by atoms with Gasteiger partial charge >= 0.3 is 0 Å². The second-order valence-corrected chi connectivity index (χ2v) is 5.81. The summed E-state index contributed by atoms with van der Waals surface area (Å²) in [5.41, 5.74) is 7.30. The summed E-state index contributed by atoms with van der Waals surface area (Å²) in [5.74, 6) is 0. The van der Waals surface area contributed by atoms with Crippen LogP contribution < -0.4 is 5.73 Å². The number of rotatable bonds is 5. The molecular formula is C14H24N4O. The third-order valence-electron chi connectivity index (χ3n) is 4.55. The van der Waals surface area contributed by atoms with Gasteiger partial charge in [0, 0.05) is 31.4 Å². The first kappa shape index (κ1) is 13.1. The molecule has 1 aromatic heterocycles. The highest BCUT2D eigenvalue weighted by Crippen LogP contribution is 2.38. The lowest BCUT2D eigenvalue weighted by molar-refractivity contribution is 0.0671. The maximum atomic E-state index is 6.04. The molecule has 1 aliphatic heterocycles. The molecule has 0 spiro atoms. The molecule has 3 unspecified atom stereocenters. The molecule has 3 rings (SSSR count). The third-order valence-corrected chi connectivity index (χ3v) is 4.55. The molecule has 1 aliphatic carbocycles. The summed E-state index contributed by atoms with van der Waals surface area (Å²) >= 11 is 0. The van der Waals surface area contributed by atoms with Crippen molar-refractivity contribution < 1.29 is 4.74 Å². The Bertz CT molecular complexity index is 429. The van der Waals surface area contributed by atoms with Gasteiger partial charge in [0.1, 0.15) is 0 Å². The molecule has 5 nitrogen and oxygen atoms in total. The lowest BCUT2D eigenvalue weighted by atomic mass is 10.1. The van der Waals surface area contributed by atoms with E-state index in [9.17, 15) is 0 Å². The van der Waals surface area contributed by atoms with Gasteiger partial charge in [0.15, 0.2) is 0 Å². The van der Waals surface area contributed by atoms with E-state index in [1.165, 1.54) is 18.5 Å². The van der Waals surface area contributed by atoms with Crippen molar-refractivity contribution in [3.8, 4) is 0 Å². The van der Waals surface area contributed by atoms with Gasteiger partial charge in [0.05, 0.1) is 24.2 Å². The predicted octanol–water partition coefficient (Wildman–Crippen LogP) is 1.33. The van der Waals surface area contributed by atoms with E-state index in [4.69, 9.17) is 10.5 Å². The SMILES string of the molecule is CC1OCCC1N(C)C(CN)c1cncn1C1CC1. The minimum absolute atomic E-state index is 0.234. The number of hydrogen-bond donors (Lipinski definition) is 1. The topological polar surface area (TPSA) is 56.3 Å². The van der Waals surface area contributed by atoms with Crippen LogP contribution in [0.15, 0.2) is 12.5 Å². The zero-order valence-corrected chi connectivity index (χ0v) is 11.8. The smallest absolute Gasteiger partial charge is 0.0951 e. The molecule has 0 bridgehead atoms. The number of aromatic nitrogens is 2. The van der Waals surface area contributed by atoms with Gasteiger partial charge in [-0.15, -0.1) is 0 Å². The molecule has 5 heteroatoms. The molecule has 1 aromatic rings. The molecule has 2 N–H and O–H groups in total. The largest absolute Gasteiger partial charge is 0.377 e. The highest BCUT2D eigenvalue weighted by atomic mass is 16.5. The quantitative estimate of drug-likeness (QED) is 0.871. The van der Waals surface area contributed by atoms with E-state index in [2.05, 4.69) is 28.4 Å². The molecule has 0 aromatic carbocycles. The van der Waals surface area contributed by atoms with Gasteiger partial charge in [-0.05, 0) is 33.2 Å². The molecular weight excluding hydrogens is 240 g/mol. The van der Waals surface area contributed by atoms with Gasteiger partial charge in [-0.1, -0.05) is 0 Å². The summed E-state index contributed by atoms with van der Waals surface area (Å²) in [5, 5.41) is 0. The molecule has 2 heterocycles. The molecule has 2 aliphatic rings. The van der Waals surface area contributed by atoms with Crippen LogP contribution in [0, 0.1) is 0 Å². The minimum Gasteiger partial charge on any atom is -0.377 e. The molecule has 2 fully saturated rings. The fourth-order valence-corrected chi connectivity index (χ4v) is 3.21. The highest BCUT2D eigenvalue weighted by molar-refractivity contribution is 5.10. The summed E-state index contributed by atoms with van der Waals surface area (Å²) in [6, 6.07) is 1.34. The average Bonchev–Trinajstić information content (AvgIpc) is 2.98. The van der Waals surface area contributed by atoms with Crippen molar-refractivity contribution >= 4 is 0 Å². The molecule has 3 atom stereocenters. The maximum Gasteiger partial charge on any atom is 0.0951 e. The number of nitrogens with two attached hydrogens (primary N) is 1. The van der Waals surface area contributed by atoms with E-state index < -0.39 is 0 Å². The monoisotopic (exact) mass is 264 g/mol. The van der Waals surface area contributed by atoms with Crippen molar-refractivity contribution in [2.45, 2.75) is 50.4 Å². The third kappa shape index (κ3) is 2.42. The Morgan fingerprint density at radius 3 is 2.89 bits per heavy atom. The van der Waals surface area contributed by atoms with Crippen LogP contribution >= 0.6 is 0 Å². The van der Waals surface area contributed by atoms with Crippen LogP contribution in [-0.4, -0.2) is 46.8 Å². The number of likely N-dealkylation sites (N-methyl/N-ethyl adjacent to an activating group) is 1. The van der Waals surface area contributed by atoms with Crippen LogP contribution in [0.4, 0.5) is 0 Å². The van der Waals surface area contributed by atoms with Crippen LogP contribution in [0.25, 0.3) is 0 Å². The Morgan fingerprint density at radius 2 is 2.32 bits per heavy atom. The van der Waals surface area contributed by atoms with Crippen LogP contribution in [0.3, 0.4) is 0 Å². The average molecular weight is 264 g/mol. The highest BCUT2D eigenvalue weighted by Gasteiger charge is 2.34. The number of ether oxygens (including phenoxy) is 1. The van der Waals surface area contributed by atoms with Gasteiger partial charge in [0.25, 0.3) is 0 Å². The van der Waals surface area contributed by atoms with Crippen molar-refractivity contribution in [2.24, 2.45) is 5.73 Å². The summed E-state index contributed by atoms with van der Waals surface area (Å²) in [4.78, 5) is 6.71. The first-order chi connectivity index (χ1) is 9.22. The molecule has 1 saturated heterocycles. The predicted molar refractivity (Wildman–Crippen MR) is 73.9 cm³/mol. The normalized spacial score (nSPS) is 29.1. The molecule has 19 heavy (non-hydrogen) atoms. The van der Waals surface area contributed by atoms with Crippen molar-refractivity contribution in [3.05, 3.63) is 18.2 Å². The Kier molecular flexibility index (Phi) is 3.60. The van der Waals surface area contributed by atoms with E-state index in [1.54, 1.807) is 0 Å².